The molecule has 1 N–H and O–H groups in total. The molecule has 1 aliphatic rings. The number of carbonyl (C=O) groups excluding carboxylic acids is 2. The van der Waals surface area contributed by atoms with Crippen molar-refractivity contribution < 1.29 is 19.1 Å². The van der Waals surface area contributed by atoms with Gasteiger partial charge in [-0.15, -0.1) is 0 Å². The van der Waals surface area contributed by atoms with Crippen LogP contribution in [0.15, 0.2) is 48.5 Å². The van der Waals surface area contributed by atoms with Crippen molar-refractivity contribution >= 4 is 23.2 Å². The van der Waals surface area contributed by atoms with Crippen LogP contribution in [0.1, 0.15) is 30.1 Å². The highest BCUT2D eigenvalue weighted by Gasteiger charge is 2.28. The molecule has 3 rings (SSSR count). The number of methoxy groups -OCH3 is 1. The molecule has 0 unspecified atom stereocenters. The van der Waals surface area contributed by atoms with Gasteiger partial charge in [-0.25, -0.2) is 0 Å². The van der Waals surface area contributed by atoms with Crippen LogP contribution in [-0.2, 0) is 9.53 Å². The largest absolute Gasteiger partial charge is 0.497 e. The first kappa shape index (κ1) is 18.9. The Morgan fingerprint density at radius 3 is 2.44 bits per heavy atom. The smallest absolute Gasteiger partial charge is 0.258 e. The first-order chi connectivity index (χ1) is 13.1. The zero-order valence-corrected chi connectivity index (χ0v) is 15.6. The van der Waals surface area contributed by atoms with Gasteiger partial charge >= 0.3 is 0 Å². The van der Waals surface area contributed by atoms with Crippen LogP contribution in [0.3, 0.4) is 0 Å². The second-order valence-corrected chi connectivity index (χ2v) is 6.48. The third kappa shape index (κ3) is 4.65. The highest BCUT2D eigenvalue weighted by Crippen LogP contribution is 2.27. The van der Waals surface area contributed by atoms with Crippen LogP contribution < -0.4 is 15.0 Å². The Balaban J connectivity index is 1.92. The van der Waals surface area contributed by atoms with Gasteiger partial charge in [0.15, 0.2) is 0 Å². The molecule has 1 saturated heterocycles. The molecule has 2 amide bonds. The second-order valence-electron chi connectivity index (χ2n) is 6.48. The van der Waals surface area contributed by atoms with Crippen LogP contribution in [0.5, 0.6) is 5.75 Å². The number of nitrogens with zero attached hydrogens (tertiary/aromatic N) is 1. The van der Waals surface area contributed by atoms with Crippen LogP contribution in [0, 0.1) is 0 Å². The van der Waals surface area contributed by atoms with E-state index >= 15 is 0 Å². The molecule has 27 heavy (non-hydrogen) atoms. The summed E-state index contributed by atoms with van der Waals surface area (Å²) in [6.07, 6.45) is 1.56. The summed E-state index contributed by atoms with van der Waals surface area (Å²) >= 11 is 0. The van der Waals surface area contributed by atoms with Crippen molar-refractivity contribution in [3.63, 3.8) is 0 Å². The molecule has 1 aliphatic heterocycles. The first-order valence-electron chi connectivity index (χ1n) is 9.01. The van der Waals surface area contributed by atoms with E-state index in [1.54, 1.807) is 19.2 Å². The number of nitrogens with one attached hydrogen (secondary N) is 1. The van der Waals surface area contributed by atoms with Gasteiger partial charge in [-0.1, -0.05) is 6.07 Å². The van der Waals surface area contributed by atoms with Crippen LogP contribution in [0.4, 0.5) is 11.4 Å². The summed E-state index contributed by atoms with van der Waals surface area (Å²) in [6, 6.07) is 14.6. The summed E-state index contributed by atoms with van der Waals surface area (Å²) in [4.78, 5) is 26.4. The van der Waals surface area contributed by atoms with Crippen molar-refractivity contribution in [1.82, 2.24) is 0 Å². The Morgan fingerprint density at radius 2 is 1.81 bits per heavy atom. The van der Waals surface area contributed by atoms with Gasteiger partial charge in [-0.3, -0.25) is 9.59 Å². The number of carbonyl (C=O) groups is 2. The van der Waals surface area contributed by atoms with Gasteiger partial charge < -0.3 is 19.7 Å². The SMILES string of the molecule is COc1cccc(C(=O)N(c2ccc(NC(C)=O)cc2)C2CCOCC2)c1. The molecule has 6 heteroatoms. The van der Waals surface area contributed by atoms with E-state index < -0.39 is 0 Å². The maximum atomic E-state index is 13.3. The second kappa shape index (κ2) is 8.68. The summed E-state index contributed by atoms with van der Waals surface area (Å²) in [5.41, 5.74) is 2.07. The van der Waals surface area contributed by atoms with Crippen molar-refractivity contribution in [3.8, 4) is 5.75 Å². The van der Waals surface area contributed by atoms with Gasteiger partial charge in [0.25, 0.3) is 5.91 Å². The molecular weight excluding hydrogens is 344 g/mol. The van der Waals surface area contributed by atoms with E-state index in [4.69, 9.17) is 9.47 Å². The standard InChI is InChI=1S/C21H24N2O4/c1-15(24)22-17-6-8-18(9-7-17)23(19-10-12-27-13-11-19)21(25)16-4-3-5-20(14-16)26-2/h3-9,14,19H,10-13H2,1-2H3,(H,22,24). The molecular formula is C21H24N2O4. The number of amides is 2. The van der Waals surface area contributed by atoms with E-state index in [2.05, 4.69) is 5.32 Å². The zero-order chi connectivity index (χ0) is 19.2. The van der Waals surface area contributed by atoms with Crippen molar-refractivity contribution in [2.24, 2.45) is 0 Å². The average Bonchev–Trinajstić information content (AvgIpc) is 2.70. The van der Waals surface area contributed by atoms with E-state index in [-0.39, 0.29) is 17.9 Å². The number of anilines is 2. The van der Waals surface area contributed by atoms with Gasteiger partial charge in [0.05, 0.1) is 7.11 Å². The molecule has 1 fully saturated rings. The van der Waals surface area contributed by atoms with Crippen molar-refractivity contribution in [1.29, 1.82) is 0 Å². The minimum Gasteiger partial charge on any atom is -0.497 e. The predicted molar refractivity (Wildman–Crippen MR) is 104 cm³/mol. The van der Waals surface area contributed by atoms with Gasteiger partial charge in [-0.05, 0) is 55.3 Å². The summed E-state index contributed by atoms with van der Waals surface area (Å²) < 4.78 is 10.7. The predicted octanol–water partition coefficient (Wildman–Crippen LogP) is 3.48. The normalized spacial score (nSPS) is 14.4. The van der Waals surface area contributed by atoms with Gasteiger partial charge in [0.2, 0.25) is 5.91 Å². The molecule has 1 heterocycles. The molecule has 2 aromatic carbocycles. The fourth-order valence-corrected chi connectivity index (χ4v) is 3.24. The lowest BCUT2D eigenvalue weighted by Crippen LogP contribution is -2.43. The molecule has 0 spiro atoms. The Kier molecular flexibility index (Phi) is 6.08. The van der Waals surface area contributed by atoms with Gasteiger partial charge in [-0.2, -0.15) is 0 Å². The highest BCUT2D eigenvalue weighted by molar-refractivity contribution is 6.07. The maximum absolute atomic E-state index is 13.3. The van der Waals surface area contributed by atoms with E-state index in [0.717, 1.165) is 18.5 Å². The van der Waals surface area contributed by atoms with E-state index in [0.29, 0.717) is 30.2 Å². The lowest BCUT2D eigenvalue weighted by molar-refractivity contribution is -0.114. The molecule has 0 atom stereocenters. The number of hydrogen-bond donors (Lipinski definition) is 1. The maximum Gasteiger partial charge on any atom is 0.258 e. The summed E-state index contributed by atoms with van der Waals surface area (Å²) in [5.74, 6) is 0.443. The average molecular weight is 368 g/mol. The lowest BCUT2D eigenvalue weighted by Gasteiger charge is -2.34. The summed E-state index contributed by atoms with van der Waals surface area (Å²) in [7, 11) is 1.58. The molecule has 2 aromatic rings. The molecule has 0 radical (unpaired) electrons. The fraction of sp³-hybridized carbons (Fsp3) is 0.333. The first-order valence-corrected chi connectivity index (χ1v) is 9.01. The van der Waals surface area contributed by atoms with Crippen molar-refractivity contribution in [2.45, 2.75) is 25.8 Å². The Bertz CT molecular complexity index is 798. The zero-order valence-electron chi connectivity index (χ0n) is 15.6. The van der Waals surface area contributed by atoms with Crippen LogP contribution >= 0.6 is 0 Å². The molecule has 6 nitrogen and oxygen atoms in total. The van der Waals surface area contributed by atoms with Crippen LogP contribution in [-0.4, -0.2) is 38.2 Å². The minimum absolute atomic E-state index is 0.0593. The number of benzene rings is 2. The number of ether oxygens (including phenoxy) is 2. The van der Waals surface area contributed by atoms with Gasteiger partial charge in [0, 0.05) is 43.1 Å². The Labute approximate surface area is 159 Å². The van der Waals surface area contributed by atoms with Crippen molar-refractivity contribution in [2.75, 3.05) is 30.5 Å². The highest BCUT2D eigenvalue weighted by atomic mass is 16.5. The van der Waals surface area contributed by atoms with Crippen molar-refractivity contribution in [3.05, 3.63) is 54.1 Å². The molecule has 0 aromatic heterocycles. The minimum atomic E-state index is -0.128. The van der Waals surface area contributed by atoms with Gasteiger partial charge in [0.1, 0.15) is 5.75 Å². The monoisotopic (exact) mass is 368 g/mol. The molecule has 0 aliphatic carbocycles. The Morgan fingerprint density at radius 1 is 1.11 bits per heavy atom. The molecule has 0 saturated carbocycles. The van der Waals surface area contributed by atoms with E-state index in [1.165, 1.54) is 6.92 Å². The number of hydrogen-bond acceptors (Lipinski definition) is 4. The topological polar surface area (TPSA) is 67.9 Å². The third-order valence-corrected chi connectivity index (χ3v) is 4.56. The number of rotatable bonds is 5. The Hall–Kier alpha value is -2.86. The van der Waals surface area contributed by atoms with Crippen LogP contribution in [0.25, 0.3) is 0 Å². The third-order valence-electron chi connectivity index (χ3n) is 4.56. The molecule has 142 valence electrons. The fourth-order valence-electron chi connectivity index (χ4n) is 3.24. The van der Waals surface area contributed by atoms with E-state index in [9.17, 15) is 9.59 Å². The summed E-state index contributed by atoms with van der Waals surface area (Å²) in [6.45, 7) is 2.74. The lowest BCUT2D eigenvalue weighted by atomic mass is 10.0. The quantitative estimate of drug-likeness (QED) is 0.877. The van der Waals surface area contributed by atoms with Crippen LogP contribution in [0.2, 0.25) is 0 Å². The van der Waals surface area contributed by atoms with E-state index in [1.807, 2.05) is 41.3 Å². The summed E-state index contributed by atoms with van der Waals surface area (Å²) in [5, 5.41) is 2.75. The molecule has 0 bridgehead atoms.